The zero-order valence-electron chi connectivity index (χ0n) is 14.6. The molecule has 0 unspecified atom stereocenters. The highest BCUT2D eigenvalue weighted by atomic mass is 32.1. The Balaban J connectivity index is 1.92. The Labute approximate surface area is 153 Å². The van der Waals surface area contributed by atoms with Crippen LogP contribution in [0.25, 0.3) is 0 Å². The molecule has 1 fully saturated rings. The van der Waals surface area contributed by atoms with Crippen molar-refractivity contribution in [3.8, 4) is 0 Å². The molecule has 0 radical (unpaired) electrons. The molecule has 1 heterocycles. The molecule has 1 N–H and O–H groups in total. The first-order valence-electron chi connectivity index (χ1n) is 8.54. The second-order valence-electron chi connectivity index (χ2n) is 5.77. The first kappa shape index (κ1) is 19.2. The second kappa shape index (κ2) is 9.36. The van der Waals surface area contributed by atoms with Gasteiger partial charge in [0.15, 0.2) is 5.11 Å². The molecule has 1 saturated heterocycles. The lowest BCUT2D eigenvalue weighted by atomic mass is 9.98. The number of rotatable bonds is 5. The lowest BCUT2D eigenvalue weighted by Crippen LogP contribution is -2.44. The summed E-state index contributed by atoms with van der Waals surface area (Å²) < 4.78 is 10.1. The van der Waals surface area contributed by atoms with Gasteiger partial charge in [-0.05, 0) is 63.2 Å². The second-order valence-corrected chi connectivity index (χ2v) is 6.15. The van der Waals surface area contributed by atoms with Gasteiger partial charge in [-0.25, -0.2) is 4.79 Å². The van der Waals surface area contributed by atoms with Crippen LogP contribution in [0.15, 0.2) is 24.3 Å². The number of carbonyl (C=O) groups excluding carboxylic acids is 2. The van der Waals surface area contributed by atoms with E-state index in [9.17, 15) is 9.59 Å². The first-order chi connectivity index (χ1) is 12.0. The number of ether oxygens (including phenoxy) is 2. The predicted molar refractivity (Wildman–Crippen MR) is 99.5 cm³/mol. The average Bonchev–Trinajstić information content (AvgIpc) is 2.63. The Morgan fingerprint density at radius 2 is 1.88 bits per heavy atom. The van der Waals surface area contributed by atoms with E-state index in [4.69, 9.17) is 21.7 Å². The Bertz CT molecular complexity index is 618. The van der Waals surface area contributed by atoms with Crippen LogP contribution in [0.2, 0.25) is 0 Å². The van der Waals surface area contributed by atoms with Crippen LogP contribution >= 0.6 is 12.2 Å². The quantitative estimate of drug-likeness (QED) is 0.636. The van der Waals surface area contributed by atoms with Crippen LogP contribution < -0.4 is 5.32 Å². The van der Waals surface area contributed by atoms with Crippen molar-refractivity contribution in [3.63, 3.8) is 0 Å². The Morgan fingerprint density at radius 3 is 2.52 bits per heavy atom. The van der Waals surface area contributed by atoms with E-state index in [-0.39, 0.29) is 17.9 Å². The summed E-state index contributed by atoms with van der Waals surface area (Å²) >= 11 is 5.46. The van der Waals surface area contributed by atoms with Gasteiger partial charge in [0.05, 0.1) is 24.7 Å². The number of anilines is 1. The van der Waals surface area contributed by atoms with Crippen LogP contribution in [0, 0.1) is 5.92 Å². The molecule has 1 aliphatic heterocycles. The molecule has 0 bridgehead atoms. The van der Waals surface area contributed by atoms with Crippen LogP contribution in [0.3, 0.4) is 0 Å². The van der Waals surface area contributed by atoms with Crippen molar-refractivity contribution in [1.82, 2.24) is 4.90 Å². The minimum absolute atomic E-state index is 0.139. The van der Waals surface area contributed by atoms with E-state index in [2.05, 4.69) is 5.32 Å². The SMILES string of the molecule is CCOC(=O)c1ccc(NC(=S)N2CCC[C@H](C(=O)OCC)C2)cc1. The van der Waals surface area contributed by atoms with Gasteiger partial charge in [-0.1, -0.05) is 0 Å². The maximum Gasteiger partial charge on any atom is 0.338 e. The van der Waals surface area contributed by atoms with E-state index in [1.165, 1.54) is 0 Å². The number of esters is 2. The number of nitrogens with zero attached hydrogens (tertiary/aromatic N) is 1. The van der Waals surface area contributed by atoms with Crippen molar-refractivity contribution >= 4 is 35.0 Å². The standard InChI is InChI=1S/C18H24N2O4S/c1-3-23-16(21)13-7-9-15(10-8-13)19-18(25)20-11-5-6-14(12-20)17(22)24-4-2/h7-10,14H,3-6,11-12H2,1-2H3,(H,19,25)/t14-/m0/s1. The van der Waals surface area contributed by atoms with Crippen molar-refractivity contribution in [1.29, 1.82) is 0 Å². The fourth-order valence-corrected chi connectivity index (χ4v) is 3.00. The van der Waals surface area contributed by atoms with Gasteiger partial charge >= 0.3 is 11.9 Å². The molecule has 1 aliphatic rings. The lowest BCUT2D eigenvalue weighted by molar-refractivity contribution is -0.149. The van der Waals surface area contributed by atoms with Gasteiger partial charge in [0.25, 0.3) is 0 Å². The summed E-state index contributed by atoms with van der Waals surface area (Å²) in [5.41, 5.74) is 1.29. The number of thiocarbonyl (C=S) groups is 1. The van der Waals surface area contributed by atoms with Gasteiger partial charge in [0, 0.05) is 18.8 Å². The van der Waals surface area contributed by atoms with E-state index in [1.807, 2.05) is 11.8 Å². The molecular formula is C18H24N2O4S. The molecule has 0 amide bonds. The minimum atomic E-state index is -0.343. The number of carbonyl (C=O) groups is 2. The summed E-state index contributed by atoms with van der Waals surface area (Å²) in [5.74, 6) is -0.640. The van der Waals surface area contributed by atoms with Crippen molar-refractivity contribution in [2.75, 3.05) is 31.6 Å². The largest absolute Gasteiger partial charge is 0.466 e. The highest BCUT2D eigenvalue weighted by Gasteiger charge is 2.28. The molecule has 1 aromatic rings. The predicted octanol–water partition coefficient (Wildman–Crippen LogP) is 2.84. The van der Waals surface area contributed by atoms with Gasteiger partial charge in [-0.2, -0.15) is 0 Å². The van der Waals surface area contributed by atoms with Gasteiger partial charge in [0.1, 0.15) is 0 Å². The van der Waals surface area contributed by atoms with E-state index >= 15 is 0 Å². The molecule has 1 aromatic carbocycles. The van der Waals surface area contributed by atoms with Gasteiger partial charge in [0.2, 0.25) is 0 Å². The monoisotopic (exact) mass is 364 g/mol. The van der Waals surface area contributed by atoms with Crippen LogP contribution in [-0.2, 0) is 14.3 Å². The zero-order chi connectivity index (χ0) is 18.2. The van der Waals surface area contributed by atoms with Gasteiger partial charge in [-0.15, -0.1) is 0 Å². The van der Waals surface area contributed by atoms with Crippen molar-refractivity contribution in [2.24, 2.45) is 5.92 Å². The fourth-order valence-electron chi connectivity index (χ4n) is 2.72. The molecule has 136 valence electrons. The summed E-state index contributed by atoms with van der Waals surface area (Å²) in [6, 6.07) is 6.96. The smallest absolute Gasteiger partial charge is 0.338 e. The van der Waals surface area contributed by atoms with E-state index in [0.29, 0.717) is 30.4 Å². The molecule has 0 aliphatic carbocycles. The minimum Gasteiger partial charge on any atom is -0.466 e. The molecule has 7 heteroatoms. The average molecular weight is 364 g/mol. The summed E-state index contributed by atoms with van der Waals surface area (Å²) in [6.07, 6.45) is 1.72. The molecule has 25 heavy (non-hydrogen) atoms. The first-order valence-corrected chi connectivity index (χ1v) is 8.95. The molecule has 1 atom stereocenters. The summed E-state index contributed by atoms with van der Waals surface area (Å²) in [4.78, 5) is 25.6. The van der Waals surface area contributed by atoms with E-state index in [1.54, 1.807) is 31.2 Å². The van der Waals surface area contributed by atoms with Gasteiger partial charge < -0.3 is 19.7 Å². The molecule has 0 spiro atoms. The lowest BCUT2D eigenvalue weighted by Gasteiger charge is -2.33. The Morgan fingerprint density at radius 1 is 1.20 bits per heavy atom. The fraction of sp³-hybridized carbons (Fsp3) is 0.500. The number of benzene rings is 1. The summed E-state index contributed by atoms with van der Waals surface area (Å²) in [5, 5.41) is 3.72. The van der Waals surface area contributed by atoms with Crippen molar-refractivity contribution < 1.29 is 19.1 Å². The molecule has 0 saturated carbocycles. The highest BCUT2D eigenvalue weighted by molar-refractivity contribution is 7.80. The Hall–Kier alpha value is -2.15. The normalized spacial score (nSPS) is 16.9. The Kier molecular flexibility index (Phi) is 7.18. The van der Waals surface area contributed by atoms with Crippen LogP contribution in [0.4, 0.5) is 5.69 Å². The number of piperidine rings is 1. The molecule has 0 aromatic heterocycles. The molecule has 6 nitrogen and oxygen atoms in total. The maximum atomic E-state index is 11.9. The summed E-state index contributed by atoms with van der Waals surface area (Å²) in [7, 11) is 0. The third-order valence-corrected chi connectivity index (χ3v) is 4.34. The van der Waals surface area contributed by atoms with Crippen molar-refractivity contribution in [2.45, 2.75) is 26.7 Å². The third-order valence-electron chi connectivity index (χ3n) is 3.98. The molecule has 2 rings (SSSR count). The van der Waals surface area contributed by atoms with Gasteiger partial charge in [-0.3, -0.25) is 4.79 Å². The number of hydrogen-bond acceptors (Lipinski definition) is 5. The highest BCUT2D eigenvalue weighted by Crippen LogP contribution is 2.19. The number of nitrogens with one attached hydrogen (secondary N) is 1. The number of likely N-dealkylation sites (tertiary alicyclic amines) is 1. The van der Waals surface area contributed by atoms with Crippen LogP contribution in [0.1, 0.15) is 37.0 Å². The van der Waals surface area contributed by atoms with Crippen molar-refractivity contribution in [3.05, 3.63) is 29.8 Å². The molecular weight excluding hydrogens is 340 g/mol. The van der Waals surface area contributed by atoms with E-state index < -0.39 is 0 Å². The number of hydrogen-bond donors (Lipinski definition) is 1. The zero-order valence-corrected chi connectivity index (χ0v) is 15.4. The topological polar surface area (TPSA) is 67.9 Å². The van der Waals surface area contributed by atoms with Crippen LogP contribution in [0.5, 0.6) is 0 Å². The van der Waals surface area contributed by atoms with Crippen LogP contribution in [-0.4, -0.2) is 48.3 Å². The third kappa shape index (κ3) is 5.42. The maximum absolute atomic E-state index is 11.9. The van der Waals surface area contributed by atoms with E-state index in [0.717, 1.165) is 25.1 Å². The summed E-state index contributed by atoms with van der Waals surface area (Å²) in [6.45, 7) is 5.69.